The van der Waals surface area contributed by atoms with E-state index in [1.807, 2.05) is 0 Å². The highest BCUT2D eigenvalue weighted by Gasteiger charge is 2.41. The van der Waals surface area contributed by atoms with Gasteiger partial charge in [-0.2, -0.15) is 5.10 Å². The van der Waals surface area contributed by atoms with Crippen LogP contribution in [0.4, 0.5) is 0 Å². The minimum Gasteiger partial charge on any atom is -0.480 e. The molecule has 3 rings (SSSR count). The molecule has 0 unspecified atom stereocenters. The van der Waals surface area contributed by atoms with E-state index in [1.165, 1.54) is 4.68 Å². The third-order valence-electron chi connectivity index (χ3n) is 4.85. The summed E-state index contributed by atoms with van der Waals surface area (Å²) in [4.78, 5) is 37.0. The maximum atomic E-state index is 12.9. The Labute approximate surface area is 144 Å². The van der Waals surface area contributed by atoms with Gasteiger partial charge in [0.15, 0.2) is 5.69 Å². The fraction of sp³-hybridized carbons (Fsp3) is 0.444. The Kier molecular flexibility index (Phi) is 4.57. The molecule has 0 saturated heterocycles. The van der Waals surface area contributed by atoms with Gasteiger partial charge in [0, 0.05) is 11.9 Å². The molecule has 0 aliphatic heterocycles. The van der Waals surface area contributed by atoms with Gasteiger partial charge in [0.25, 0.3) is 11.5 Å². The first kappa shape index (κ1) is 17.1. The minimum absolute atomic E-state index is 0.0863. The Hall–Kier alpha value is -2.70. The highest BCUT2D eigenvalue weighted by Crippen LogP contribution is 2.29. The number of aliphatic carboxylic acids is 1. The van der Waals surface area contributed by atoms with Crippen LogP contribution in [-0.2, 0) is 11.3 Å². The summed E-state index contributed by atoms with van der Waals surface area (Å²) in [5.41, 5.74) is -1.44. The number of aromatic nitrogens is 2. The second-order valence-electron chi connectivity index (χ2n) is 6.42. The Morgan fingerprint density at radius 2 is 1.84 bits per heavy atom. The van der Waals surface area contributed by atoms with Crippen molar-refractivity contribution in [2.75, 3.05) is 0 Å². The maximum absolute atomic E-state index is 12.9. The molecule has 0 radical (unpaired) electrons. The number of carboxylic acids is 1. The van der Waals surface area contributed by atoms with Crippen LogP contribution in [-0.4, -0.2) is 32.3 Å². The summed E-state index contributed by atoms with van der Waals surface area (Å²) in [5, 5.41) is 17.4. The average Bonchev–Trinajstić information content (AvgIpc) is 2.63. The number of carbonyl (C=O) groups excluding carboxylic acids is 1. The van der Waals surface area contributed by atoms with Gasteiger partial charge < -0.3 is 10.4 Å². The van der Waals surface area contributed by atoms with Crippen molar-refractivity contribution in [2.24, 2.45) is 0 Å². The number of aryl methyl sites for hydroxylation is 1. The molecule has 25 heavy (non-hydrogen) atoms. The van der Waals surface area contributed by atoms with Crippen molar-refractivity contribution in [1.82, 2.24) is 15.1 Å². The zero-order chi connectivity index (χ0) is 18.0. The first-order valence-electron chi connectivity index (χ1n) is 8.54. The average molecular weight is 343 g/mol. The summed E-state index contributed by atoms with van der Waals surface area (Å²) in [6, 6.07) is 6.76. The molecule has 1 aliphatic rings. The van der Waals surface area contributed by atoms with Crippen molar-refractivity contribution in [2.45, 2.75) is 51.1 Å². The van der Waals surface area contributed by atoms with E-state index in [0.29, 0.717) is 30.2 Å². The third-order valence-corrected chi connectivity index (χ3v) is 4.85. The Bertz CT molecular complexity index is 882. The molecule has 2 N–H and O–H groups in total. The molecular weight excluding hydrogens is 322 g/mol. The molecule has 1 aliphatic carbocycles. The highest BCUT2D eigenvalue weighted by atomic mass is 16.4. The van der Waals surface area contributed by atoms with Crippen LogP contribution in [0.5, 0.6) is 0 Å². The molecule has 1 heterocycles. The van der Waals surface area contributed by atoms with Gasteiger partial charge in [0.1, 0.15) is 5.54 Å². The van der Waals surface area contributed by atoms with E-state index in [2.05, 4.69) is 10.4 Å². The van der Waals surface area contributed by atoms with Crippen molar-refractivity contribution in [1.29, 1.82) is 0 Å². The topological polar surface area (TPSA) is 101 Å². The Balaban J connectivity index is 2.06. The molecule has 2 aromatic rings. The van der Waals surface area contributed by atoms with Gasteiger partial charge in [-0.15, -0.1) is 0 Å². The molecule has 1 saturated carbocycles. The van der Waals surface area contributed by atoms with E-state index in [1.54, 1.807) is 31.2 Å². The number of amides is 1. The van der Waals surface area contributed by atoms with E-state index < -0.39 is 17.4 Å². The van der Waals surface area contributed by atoms with Crippen LogP contribution in [0.2, 0.25) is 0 Å². The van der Waals surface area contributed by atoms with E-state index >= 15 is 0 Å². The number of nitrogens with zero attached hydrogens (tertiary/aromatic N) is 2. The lowest BCUT2D eigenvalue weighted by Crippen LogP contribution is -2.55. The van der Waals surface area contributed by atoms with Gasteiger partial charge in [-0.1, -0.05) is 37.5 Å². The van der Waals surface area contributed by atoms with Gasteiger partial charge in [-0.25, -0.2) is 9.48 Å². The molecule has 7 heteroatoms. The zero-order valence-corrected chi connectivity index (χ0v) is 14.1. The lowest BCUT2D eigenvalue weighted by Gasteiger charge is -2.33. The number of carbonyl (C=O) groups is 2. The predicted molar refractivity (Wildman–Crippen MR) is 92.6 cm³/mol. The van der Waals surface area contributed by atoms with Gasteiger partial charge in [0.05, 0.1) is 5.39 Å². The molecule has 1 fully saturated rings. The number of rotatable bonds is 4. The number of hydrogen-bond donors (Lipinski definition) is 2. The zero-order valence-electron chi connectivity index (χ0n) is 14.1. The van der Waals surface area contributed by atoms with Crippen LogP contribution in [0, 0.1) is 0 Å². The van der Waals surface area contributed by atoms with Crippen LogP contribution in [0.25, 0.3) is 10.8 Å². The number of hydrogen-bond acceptors (Lipinski definition) is 4. The monoisotopic (exact) mass is 343 g/mol. The molecular formula is C18H21N3O4. The largest absolute Gasteiger partial charge is 0.480 e. The summed E-state index contributed by atoms with van der Waals surface area (Å²) < 4.78 is 1.23. The molecule has 132 valence electrons. The van der Waals surface area contributed by atoms with Crippen molar-refractivity contribution < 1.29 is 14.7 Å². The van der Waals surface area contributed by atoms with E-state index in [9.17, 15) is 19.5 Å². The van der Waals surface area contributed by atoms with Crippen molar-refractivity contribution in [3.63, 3.8) is 0 Å². The summed E-state index contributed by atoms with van der Waals surface area (Å²) in [6.07, 6.45) is 3.29. The quantitative estimate of drug-likeness (QED) is 0.883. The number of fused-ring (bicyclic) bond motifs is 1. The normalized spacial score (nSPS) is 16.5. The minimum atomic E-state index is -1.26. The van der Waals surface area contributed by atoms with E-state index in [4.69, 9.17) is 0 Å². The summed E-state index contributed by atoms with van der Waals surface area (Å²) in [5.74, 6) is -1.57. The van der Waals surface area contributed by atoms with Crippen molar-refractivity contribution in [3.05, 3.63) is 40.3 Å². The third kappa shape index (κ3) is 3.01. The van der Waals surface area contributed by atoms with Gasteiger partial charge in [-0.3, -0.25) is 9.59 Å². The summed E-state index contributed by atoms with van der Waals surface area (Å²) in [7, 11) is 0. The fourth-order valence-corrected chi connectivity index (χ4v) is 3.44. The van der Waals surface area contributed by atoms with Crippen molar-refractivity contribution >= 4 is 22.6 Å². The molecule has 0 spiro atoms. The second-order valence-corrected chi connectivity index (χ2v) is 6.42. The lowest BCUT2D eigenvalue weighted by atomic mass is 9.81. The van der Waals surface area contributed by atoms with Crippen LogP contribution in [0.1, 0.15) is 49.5 Å². The molecule has 1 aromatic carbocycles. The van der Waals surface area contributed by atoms with Crippen LogP contribution < -0.4 is 10.9 Å². The lowest BCUT2D eigenvalue weighted by molar-refractivity contribution is -0.145. The summed E-state index contributed by atoms with van der Waals surface area (Å²) in [6.45, 7) is 2.10. The van der Waals surface area contributed by atoms with E-state index in [-0.39, 0.29) is 11.3 Å². The number of benzene rings is 1. The number of nitrogens with one attached hydrogen (secondary N) is 1. The van der Waals surface area contributed by atoms with Crippen molar-refractivity contribution in [3.8, 4) is 0 Å². The van der Waals surface area contributed by atoms with Crippen LogP contribution in [0.3, 0.4) is 0 Å². The fourth-order valence-electron chi connectivity index (χ4n) is 3.44. The predicted octanol–water partition coefficient (Wildman–Crippen LogP) is 1.93. The first-order valence-corrected chi connectivity index (χ1v) is 8.54. The standard InChI is InChI=1S/C18H21N3O4/c1-2-21-16(23)13-9-5-4-8-12(13)14(20-21)15(22)19-18(17(24)25)10-6-3-7-11-18/h4-5,8-9H,2-3,6-7,10-11H2,1H3,(H,19,22)(H,24,25). The second kappa shape index (κ2) is 6.66. The van der Waals surface area contributed by atoms with E-state index in [0.717, 1.165) is 19.3 Å². The molecule has 0 atom stereocenters. The SMILES string of the molecule is CCn1nc(C(=O)NC2(C(=O)O)CCCCC2)c2ccccc2c1=O. The smallest absolute Gasteiger partial charge is 0.329 e. The van der Waals surface area contributed by atoms with Crippen LogP contribution >= 0.6 is 0 Å². The Morgan fingerprint density at radius 1 is 1.20 bits per heavy atom. The van der Waals surface area contributed by atoms with Gasteiger partial charge >= 0.3 is 5.97 Å². The first-order chi connectivity index (χ1) is 12.0. The molecule has 1 amide bonds. The highest BCUT2D eigenvalue weighted by molar-refractivity contribution is 6.06. The Morgan fingerprint density at radius 3 is 2.44 bits per heavy atom. The molecule has 1 aromatic heterocycles. The molecule has 7 nitrogen and oxygen atoms in total. The van der Waals surface area contributed by atoms with Gasteiger partial charge in [0.2, 0.25) is 0 Å². The molecule has 0 bridgehead atoms. The van der Waals surface area contributed by atoms with Gasteiger partial charge in [-0.05, 0) is 25.8 Å². The number of carboxylic acid groups (broad SMARTS) is 1. The summed E-state index contributed by atoms with van der Waals surface area (Å²) >= 11 is 0. The van der Waals surface area contributed by atoms with Crippen LogP contribution in [0.15, 0.2) is 29.1 Å². The maximum Gasteiger partial charge on any atom is 0.329 e.